The van der Waals surface area contributed by atoms with Crippen molar-refractivity contribution in [2.45, 2.75) is 20.4 Å². The van der Waals surface area contributed by atoms with Crippen LogP contribution in [0.5, 0.6) is 5.75 Å². The number of likely N-dealkylation sites (N-methyl/N-ethyl adjacent to an activating group) is 1. The summed E-state index contributed by atoms with van der Waals surface area (Å²) in [5.41, 5.74) is 0.744. The highest BCUT2D eigenvalue weighted by atomic mass is 16.6. The Morgan fingerprint density at radius 1 is 1.14 bits per heavy atom. The van der Waals surface area contributed by atoms with Gasteiger partial charge in [-0.15, -0.1) is 0 Å². The number of nitro groups is 1. The summed E-state index contributed by atoms with van der Waals surface area (Å²) in [6, 6.07) is 11.7. The maximum Gasteiger partial charge on any atom is 0.345 e. The zero-order valence-electron chi connectivity index (χ0n) is 16.0. The van der Waals surface area contributed by atoms with Gasteiger partial charge in [-0.25, -0.2) is 4.79 Å². The number of carbonyl (C=O) groups excluding carboxylic acids is 2. The summed E-state index contributed by atoms with van der Waals surface area (Å²) in [6.45, 7) is 3.82. The fourth-order valence-corrected chi connectivity index (χ4v) is 2.60. The number of hydrogen-bond acceptors (Lipinski definition) is 6. The Hall–Kier alpha value is -3.42. The summed E-state index contributed by atoms with van der Waals surface area (Å²) >= 11 is 0. The Morgan fingerprint density at radius 3 is 2.43 bits per heavy atom. The summed E-state index contributed by atoms with van der Waals surface area (Å²) in [5, 5.41) is 11.2. The summed E-state index contributed by atoms with van der Waals surface area (Å²) in [7, 11) is 1.59. The number of nitro benzene ring substituents is 1. The van der Waals surface area contributed by atoms with Crippen LogP contribution in [0, 0.1) is 17.0 Å². The topological polar surface area (TPSA) is 99.0 Å². The number of benzene rings is 2. The maximum absolute atomic E-state index is 12.2. The molecule has 0 fully saturated rings. The van der Waals surface area contributed by atoms with Crippen LogP contribution in [0.15, 0.2) is 42.5 Å². The predicted molar refractivity (Wildman–Crippen MR) is 102 cm³/mol. The monoisotopic (exact) mass is 386 g/mol. The fourth-order valence-electron chi connectivity index (χ4n) is 2.60. The molecule has 0 N–H and O–H groups in total. The van der Waals surface area contributed by atoms with E-state index in [1.54, 1.807) is 7.05 Å². The Labute approximate surface area is 162 Å². The highest BCUT2D eigenvalue weighted by molar-refractivity contribution is 5.95. The van der Waals surface area contributed by atoms with Crippen LogP contribution < -0.4 is 4.74 Å². The standard InChI is InChI=1S/C20H22N2O6/c1-4-27-16-10-8-15(9-11-16)12-21(3)18(23)13-28-20(24)17-7-5-6-14(2)19(17)22(25)26/h5-11H,4,12-13H2,1-3H3. The Kier molecular flexibility index (Phi) is 7.08. The molecule has 0 saturated carbocycles. The van der Waals surface area contributed by atoms with E-state index in [0.29, 0.717) is 18.7 Å². The molecule has 28 heavy (non-hydrogen) atoms. The number of rotatable bonds is 8. The van der Waals surface area contributed by atoms with E-state index in [9.17, 15) is 19.7 Å². The highest BCUT2D eigenvalue weighted by Crippen LogP contribution is 2.23. The number of esters is 1. The van der Waals surface area contributed by atoms with Gasteiger partial charge >= 0.3 is 5.97 Å². The summed E-state index contributed by atoms with van der Waals surface area (Å²) < 4.78 is 10.4. The van der Waals surface area contributed by atoms with E-state index in [4.69, 9.17) is 9.47 Å². The molecule has 0 aliphatic heterocycles. The number of carbonyl (C=O) groups is 2. The van der Waals surface area contributed by atoms with E-state index in [1.807, 2.05) is 31.2 Å². The third-order valence-electron chi connectivity index (χ3n) is 4.05. The lowest BCUT2D eigenvalue weighted by molar-refractivity contribution is -0.385. The molecular formula is C20H22N2O6. The van der Waals surface area contributed by atoms with Crippen molar-refractivity contribution >= 4 is 17.6 Å². The van der Waals surface area contributed by atoms with Gasteiger partial charge in [0.2, 0.25) is 0 Å². The molecule has 2 aromatic carbocycles. The van der Waals surface area contributed by atoms with Crippen LogP contribution in [0.1, 0.15) is 28.4 Å². The second kappa shape index (κ2) is 9.50. The number of nitrogens with zero attached hydrogens (tertiary/aromatic N) is 2. The van der Waals surface area contributed by atoms with Crippen LogP contribution in [0.25, 0.3) is 0 Å². The van der Waals surface area contributed by atoms with Crippen LogP contribution in [0.2, 0.25) is 0 Å². The molecular weight excluding hydrogens is 364 g/mol. The lowest BCUT2D eigenvalue weighted by Crippen LogP contribution is -2.30. The minimum absolute atomic E-state index is 0.174. The third kappa shape index (κ3) is 5.29. The van der Waals surface area contributed by atoms with E-state index in [2.05, 4.69) is 0 Å². The molecule has 2 rings (SSSR count). The van der Waals surface area contributed by atoms with Crippen LogP contribution in [-0.2, 0) is 16.1 Å². The number of amides is 1. The first-order valence-corrected chi connectivity index (χ1v) is 8.70. The number of aryl methyl sites for hydroxylation is 1. The lowest BCUT2D eigenvalue weighted by atomic mass is 10.1. The molecule has 0 atom stereocenters. The molecule has 1 amide bonds. The van der Waals surface area contributed by atoms with Crippen molar-refractivity contribution < 1.29 is 24.0 Å². The van der Waals surface area contributed by atoms with Gasteiger partial charge in [-0.1, -0.05) is 24.3 Å². The van der Waals surface area contributed by atoms with E-state index < -0.39 is 23.4 Å². The van der Waals surface area contributed by atoms with Crippen LogP contribution in [0.4, 0.5) is 5.69 Å². The van der Waals surface area contributed by atoms with Gasteiger partial charge < -0.3 is 14.4 Å². The number of hydrogen-bond donors (Lipinski definition) is 0. The van der Waals surface area contributed by atoms with Gasteiger partial charge in [-0.3, -0.25) is 14.9 Å². The second-order valence-corrected chi connectivity index (χ2v) is 6.13. The lowest BCUT2D eigenvalue weighted by Gasteiger charge is -2.17. The molecule has 0 heterocycles. The second-order valence-electron chi connectivity index (χ2n) is 6.13. The Balaban J connectivity index is 1.95. The largest absolute Gasteiger partial charge is 0.494 e. The van der Waals surface area contributed by atoms with Crippen LogP contribution >= 0.6 is 0 Å². The fraction of sp³-hybridized carbons (Fsp3) is 0.300. The normalized spacial score (nSPS) is 10.2. The summed E-state index contributed by atoms with van der Waals surface area (Å²) in [6.07, 6.45) is 0. The Morgan fingerprint density at radius 2 is 1.82 bits per heavy atom. The third-order valence-corrected chi connectivity index (χ3v) is 4.05. The zero-order valence-corrected chi connectivity index (χ0v) is 16.0. The number of ether oxygens (including phenoxy) is 2. The minimum Gasteiger partial charge on any atom is -0.494 e. The van der Waals surface area contributed by atoms with Crippen LogP contribution in [0.3, 0.4) is 0 Å². The molecule has 0 aliphatic carbocycles. The molecule has 0 unspecified atom stereocenters. The highest BCUT2D eigenvalue weighted by Gasteiger charge is 2.24. The molecule has 2 aromatic rings. The molecule has 0 spiro atoms. The molecule has 148 valence electrons. The average Bonchev–Trinajstić information content (AvgIpc) is 2.67. The van der Waals surface area contributed by atoms with Crippen molar-refractivity contribution in [2.75, 3.05) is 20.3 Å². The Bertz CT molecular complexity index is 863. The van der Waals surface area contributed by atoms with Crippen molar-refractivity contribution in [2.24, 2.45) is 0 Å². The van der Waals surface area contributed by atoms with E-state index in [0.717, 1.165) is 11.3 Å². The van der Waals surface area contributed by atoms with Gasteiger partial charge in [0.05, 0.1) is 11.5 Å². The van der Waals surface area contributed by atoms with Crippen molar-refractivity contribution in [3.8, 4) is 5.75 Å². The molecule has 0 radical (unpaired) electrons. The SMILES string of the molecule is CCOc1ccc(CN(C)C(=O)COC(=O)c2cccc(C)c2[N+](=O)[O-])cc1. The van der Waals surface area contributed by atoms with Gasteiger partial charge in [-0.05, 0) is 37.6 Å². The molecule has 0 aromatic heterocycles. The van der Waals surface area contributed by atoms with Gasteiger partial charge in [0.15, 0.2) is 6.61 Å². The summed E-state index contributed by atoms with van der Waals surface area (Å²) in [4.78, 5) is 36.4. The molecule has 8 heteroatoms. The van der Waals surface area contributed by atoms with Crippen molar-refractivity contribution in [1.29, 1.82) is 0 Å². The first kappa shape index (κ1) is 20.9. The average molecular weight is 386 g/mol. The van der Waals surface area contributed by atoms with E-state index in [1.165, 1.54) is 30.0 Å². The van der Waals surface area contributed by atoms with Gasteiger partial charge in [0, 0.05) is 19.2 Å². The van der Waals surface area contributed by atoms with Crippen molar-refractivity contribution in [3.05, 3.63) is 69.3 Å². The van der Waals surface area contributed by atoms with Gasteiger partial charge in [0.25, 0.3) is 11.6 Å². The van der Waals surface area contributed by atoms with E-state index in [-0.39, 0.29) is 11.3 Å². The first-order chi connectivity index (χ1) is 13.3. The first-order valence-electron chi connectivity index (χ1n) is 8.70. The van der Waals surface area contributed by atoms with Crippen molar-refractivity contribution in [3.63, 3.8) is 0 Å². The minimum atomic E-state index is -0.904. The molecule has 0 aliphatic rings. The molecule has 8 nitrogen and oxygen atoms in total. The maximum atomic E-state index is 12.2. The quantitative estimate of drug-likeness (QED) is 0.393. The smallest absolute Gasteiger partial charge is 0.345 e. The summed E-state index contributed by atoms with van der Waals surface area (Å²) in [5.74, 6) is -0.579. The van der Waals surface area contributed by atoms with Gasteiger partial charge in [0.1, 0.15) is 11.3 Å². The van der Waals surface area contributed by atoms with Crippen molar-refractivity contribution in [1.82, 2.24) is 4.90 Å². The van der Waals surface area contributed by atoms with E-state index >= 15 is 0 Å². The molecule has 0 saturated heterocycles. The zero-order chi connectivity index (χ0) is 20.7. The number of para-hydroxylation sites is 1. The van der Waals surface area contributed by atoms with Gasteiger partial charge in [-0.2, -0.15) is 0 Å². The van der Waals surface area contributed by atoms with Crippen LogP contribution in [-0.4, -0.2) is 42.0 Å². The predicted octanol–water partition coefficient (Wildman–Crippen LogP) is 3.12. The molecule has 0 bridgehead atoms.